The predicted molar refractivity (Wildman–Crippen MR) is 150 cm³/mol. The van der Waals surface area contributed by atoms with Gasteiger partial charge in [-0.15, -0.1) is 0 Å². The molecule has 0 radical (unpaired) electrons. The van der Waals surface area contributed by atoms with Gasteiger partial charge in [0.1, 0.15) is 17.5 Å². The normalized spacial score (nSPS) is 17.2. The van der Waals surface area contributed by atoms with Gasteiger partial charge in [0, 0.05) is 31.4 Å². The number of carbonyl (C=O) groups excluding carboxylic acids is 2. The van der Waals surface area contributed by atoms with Crippen LogP contribution in [-0.2, 0) is 11.2 Å². The number of benzene rings is 3. The number of amides is 2. The summed E-state index contributed by atoms with van der Waals surface area (Å²) in [6.07, 6.45) is 2.18. The summed E-state index contributed by atoms with van der Waals surface area (Å²) in [5.74, 6) is -2.84. The van der Waals surface area contributed by atoms with E-state index in [4.69, 9.17) is 0 Å². The molecule has 2 heterocycles. The molecule has 6 nitrogen and oxygen atoms in total. The first-order chi connectivity index (χ1) is 19.8. The van der Waals surface area contributed by atoms with Crippen molar-refractivity contribution in [2.24, 2.45) is 0 Å². The Morgan fingerprint density at radius 3 is 2.46 bits per heavy atom. The predicted octanol–water partition coefficient (Wildman–Crippen LogP) is 5.07. The minimum atomic E-state index is -0.786. The quantitative estimate of drug-likeness (QED) is 0.282. The van der Waals surface area contributed by atoms with Crippen molar-refractivity contribution >= 4 is 11.8 Å². The van der Waals surface area contributed by atoms with Crippen LogP contribution in [0.1, 0.15) is 45.6 Å². The molecule has 1 saturated heterocycles. The van der Waals surface area contributed by atoms with Crippen LogP contribution < -0.4 is 16.0 Å². The molecular formula is C32H29F3N4O2. The largest absolute Gasteiger partial charge is 0.355 e. The molecule has 4 aromatic rings. The van der Waals surface area contributed by atoms with Crippen molar-refractivity contribution in [3.63, 3.8) is 0 Å². The second kappa shape index (κ2) is 12.3. The van der Waals surface area contributed by atoms with Crippen molar-refractivity contribution in [3.05, 3.63) is 125 Å². The molecule has 3 aromatic carbocycles. The Kier molecular flexibility index (Phi) is 8.45. The van der Waals surface area contributed by atoms with Gasteiger partial charge in [0.15, 0.2) is 0 Å². The summed E-state index contributed by atoms with van der Waals surface area (Å²) in [5.41, 5.74) is 2.78. The number of rotatable bonds is 8. The van der Waals surface area contributed by atoms with Crippen LogP contribution in [0.3, 0.4) is 0 Å². The summed E-state index contributed by atoms with van der Waals surface area (Å²) in [6.45, 7) is 0.633. The molecule has 9 heteroatoms. The van der Waals surface area contributed by atoms with E-state index in [-0.39, 0.29) is 23.8 Å². The fourth-order valence-electron chi connectivity index (χ4n) is 5.31. The zero-order valence-electron chi connectivity index (χ0n) is 22.3. The van der Waals surface area contributed by atoms with E-state index >= 15 is 0 Å². The number of halogens is 3. The standard InChI is InChI=1S/C32H29F3N4O2/c1-36-31(40)26-15-21(9-10-27(26)35)25-8-5-11-37-30(25)28(14-19-12-23(33)17-24(34)13-19)39-32(41)29-16-22(18-38-29)20-6-3-2-4-7-20/h2-13,15,17,22,28-29,38H,14,16,18H2,1H3,(H,36,40)(H,39,41)/t22-,28-,29-/m0/s1. The summed E-state index contributed by atoms with van der Waals surface area (Å²) in [5, 5.41) is 8.75. The van der Waals surface area contributed by atoms with Crippen LogP contribution >= 0.6 is 0 Å². The zero-order chi connectivity index (χ0) is 28.9. The van der Waals surface area contributed by atoms with Gasteiger partial charge in [-0.1, -0.05) is 42.5 Å². The molecule has 1 aliphatic heterocycles. The van der Waals surface area contributed by atoms with Gasteiger partial charge < -0.3 is 16.0 Å². The number of pyridine rings is 1. The number of hydrogen-bond acceptors (Lipinski definition) is 4. The van der Waals surface area contributed by atoms with Crippen molar-refractivity contribution < 1.29 is 22.8 Å². The molecule has 41 heavy (non-hydrogen) atoms. The molecule has 1 aliphatic rings. The molecule has 0 saturated carbocycles. The number of nitrogens with zero attached hydrogens (tertiary/aromatic N) is 1. The van der Waals surface area contributed by atoms with Crippen LogP contribution in [0.5, 0.6) is 0 Å². The number of carbonyl (C=O) groups is 2. The van der Waals surface area contributed by atoms with Crippen molar-refractivity contribution in [2.75, 3.05) is 13.6 Å². The monoisotopic (exact) mass is 558 g/mol. The van der Waals surface area contributed by atoms with Gasteiger partial charge in [-0.05, 0) is 65.8 Å². The third kappa shape index (κ3) is 6.47. The van der Waals surface area contributed by atoms with E-state index in [0.717, 1.165) is 11.6 Å². The Labute approximate surface area is 236 Å². The van der Waals surface area contributed by atoms with Gasteiger partial charge >= 0.3 is 0 Å². The zero-order valence-corrected chi connectivity index (χ0v) is 22.3. The van der Waals surface area contributed by atoms with E-state index in [0.29, 0.717) is 35.3 Å². The van der Waals surface area contributed by atoms with Crippen LogP contribution in [0.15, 0.2) is 85.1 Å². The highest BCUT2D eigenvalue weighted by Gasteiger charge is 2.32. The molecule has 0 unspecified atom stereocenters. The number of nitrogens with one attached hydrogen (secondary N) is 3. The van der Waals surface area contributed by atoms with E-state index in [1.54, 1.807) is 18.3 Å². The third-order valence-electron chi connectivity index (χ3n) is 7.31. The molecule has 5 rings (SSSR count). The van der Waals surface area contributed by atoms with Crippen molar-refractivity contribution in [3.8, 4) is 11.1 Å². The van der Waals surface area contributed by atoms with E-state index in [9.17, 15) is 22.8 Å². The highest BCUT2D eigenvalue weighted by atomic mass is 19.1. The van der Waals surface area contributed by atoms with Crippen LogP contribution in [0.25, 0.3) is 11.1 Å². The minimum absolute atomic E-state index is 0.0444. The Morgan fingerprint density at radius 1 is 0.976 bits per heavy atom. The summed E-state index contributed by atoms with van der Waals surface area (Å²) < 4.78 is 42.6. The maximum absolute atomic E-state index is 14.4. The summed E-state index contributed by atoms with van der Waals surface area (Å²) in [6, 6.07) is 19.4. The summed E-state index contributed by atoms with van der Waals surface area (Å²) in [7, 11) is 1.41. The van der Waals surface area contributed by atoms with Gasteiger partial charge in [-0.2, -0.15) is 0 Å². The molecule has 2 amide bonds. The van der Waals surface area contributed by atoms with Crippen molar-refractivity contribution in [2.45, 2.75) is 30.8 Å². The fourth-order valence-corrected chi connectivity index (χ4v) is 5.31. The number of aromatic nitrogens is 1. The van der Waals surface area contributed by atoms with Crippen LogP contribution in [0.2, 0.25) is 0 Å². The van der Waals surface area contributed by atoms with E-state index < -0.39 is 35.4 Å². The first-order valence-electron chi connectivity index (χ1n) is 13.3. The molecule has 0 aliphatic carbocycles. The lowest BCUT2D eigenvalue weighted by atomic mass is 9.93. The Balaban J connectivity index is 1.48. The van der Waals surface area contributed by atoms with Crippen molar-refractivity contribution in [1.29, 1.82) is 0 Å². The third-order valence-corrected chi connectivity index (χ3v) is 7.31. The SMILES string of the molecule is CNC(=O)c1cc(-c2cccnc2[C@H](Cc2cc(F)cc(F)c2)NC(=O)[C@@H]2C[C@H](c3ccccc3)CN2)ccc1F. The van der Waals surface area contributed by atoms with Crippen LogP contribution in [0.4, 0.5) is 13.2 Å². The Bertz CT molecular complexity index is 1540. The smallest absolute Gasteiger partial charge is 0.254 e. The summed E-state index contributed by atoms with van der Waals surface area (Å²) in [4.78, 5) is 30.4. The average molecular weight is 559 g/mol. The maximum Gasteiger partial charge on any atom is 0.254 e. The number of hydrogen-bond donors (Lipinski definition) is 3. The highest BCUT2D eigenvalue weighted by Crippen LogP contribution is 2.31. The van der Waals surface area contributed by atoms with Gasteiger partial charge in [-0.25, -0.2) is 13.2 Å². The Morgan fingerprint density at radius 2 is 1.73 bits per heavy atom. The van der Waals surface area contributed by atoms with Crippen LogP contribution in [-0.4, -0.2) is 36.4 Å². The molecule has 0 spiro atoms. The lowest BCUT2D eigenvalue weighted by Gasteiger charge is -2.23. The van der Waals surface area contributed by atoms with Gasteiger partial charge in [0.05, 0.1) is 23.3 Å². The van der Waals surface area contributed by atoms with Crippen LogP contribution in [0, 0.1) is 17.5 Å². The maximum atomic E-state index is 14.4. The van der Waals surface area contributed by atoms with E-state index in [1.807, 2.05) is 30.3 Å². The molecular weight excluding hydrogens is 529 g/mol. The lowest BCUT2D eigenvalue weighted by Crippen LogP contribution is -2.43. The average Bonchev–Trinajstić information content (AvgIpc) is 3.47. The Hall–Kier alpha value is -4.50. The van der Waals surface area contributed by atoms with Crippen molar-refractivity contribution in [1.82, 2.24) is 20.9 Å². The fraction of sp³-hybridized carbons (Fsp3) is 0.219. The van der Waals surface area contributed by atoms with Gasteiger partial charge in [-0.3, -0.25) is 14.6 Å². The molecule has 210 valence electrons. The second-order valence-electron chi connectivity index (χ2n) is 10.1. The van der Waals surface area contributed by atoms with Gasteiger partial charge in [0.25, 0.3) is 5.91 Å². The second-order valence-corrected chi connectivity index (χ2v) is 10.1. The molecule has 3 N–H and O–H groups in total. The molecule has 0 bridgehead atoms. The minimum Gasteiger partial charge on any atom is -0.355 e. The first-order valence-corrected chi connectivity index (χ1v) is 13.3. The lowest BCUT2D eigenvalue weighted by molar-refractivity contribution is -0.123. The first kappa shape index (κ1) is 28.0. The highest BCUT2D eigenvalue weighted by molar-refractivity contribution is 5.95. The van der Waals surface area contributed by atoms with E-state index in [2.05, 4.69) is 20.9 Å². The van der Waals surface area contributed by atoms with Gasteiger partial charge in [0.2, 0.25) is 5.91 Å². The molecule has 3 atom stereocenters. The topological polar surface area (TPSA) is 83.1 Å². The summed E-state index contributed by atoms with van der Waals surface area (Å²) >= 11 is 0. The molecule has 1 aromatic heterocycles. The molecule has 1 fully saturated rings. The van der Waals surface area contributed by atoms with E-state index in [1.165, 1.54) is 37.4 Å².